The third-order valence-corrected chi connectivity index (χ3v) is 3.52. The van der Waals surface area contributed by atoms with E-state index >= 15 is 0 Å². The summed E-state index contributed by atoms with van der Waals surface area (Å²) >= 11 is 0. The van der Waals surface area contributed by atoms with Gasteiger partial charge in [0.05, 0.1) is 6.54 Å². The fraction of sp³-hybridized carbons (Fsp3) is 0.286. The summed E-state index contributed by atoms with van der Waals surface area (Å²) in [5.41, 5.74) is 8.02. The molecule has 1 amide bonds. The highest BCUT2D eigenvalue weighted by atomic mass is 16.2. The van der Waals surface area contributed by atoms with Crippen molar-refractivity contribution in [1.82, 2.24) is 14.5 Å². The van der Waals surface area contributed by atoms with E-state index in [2.05, 4.69) is 9.55 Å². The Labute approximate surface area is 111 Å². The van der Waals surface area contributed by atoms with Crippen molar-refractivity contribution in [2.75, 3.05) is 12.3 Å². The monoisotopic (exact) mass is 256 g/mol. The van der Waals surface area contributed by atoms with Crippen LogP contribution in [0.2, 0.25) is 0 Å². The average Bonchev–Trinajstić information content (AvgIpc) is 2.88. The van der Waals surface area contributed by atoms with Gasteiger partial charge in [-0.25, -0.2) is 4.98 Å². The summed E-state index contributed by atoms with van der Waals surface area (Å²) in [7, 11) is 0. The van der Waals surface area contributed by atoms with Gasteiger partial charge in [-0.2, -0.15) is 0 Å². The van der Waals surface area contributed by atoms with Crippen molar-refractivity contribution in [2.45, 2.75) is 20.0 Å². The Balaban J connectivity index is 1.87. The molecule has 1 aliphatic rings. The smallest absolute Gasteiger partial charge is 0.254 e. The fourth-order valence-corrected chi connectivity index (χ4v) is 2.39. The topological polar surface area (TPSA) is 64.2 Å². The highest BCUT2D eigenvalue weighted by Crippen LogP contribution is 2.18. The first-order chi connectivity index (χ1) is 9.15. The maximum Gasteiger partial charge on any atom is 0.254 e. The van der Waals surface area contributed by atoms with E-state index in [0.29, 0.717) is 24.3 Å². The minimum atomic E-state index is 0.0269. The van der Waals surface area contributed by atoms with E-state index in [4.69, 9.17) is 5.73 Å². The van der Waals surface area contributed by atoms with Gasteiger partial charge in [0.25, 0.3) is 5.91 Å². The van der Waals surface area contributed by atoms with E-state index in [9.17, 15) is 4.79 Å². The minimum absolute atomic E-state index is 0.0269. The Kier molecular flexibility index (Phi) is 2.74. The van der Waals surface area contributed by atoms with Crippen molar-refractivity contribution in [3.8, 4) is 0 Å². The van der Waals surface area contributed by atoms with Crippen molar-refractivity contribution < 1.29 is 4.79 Å². The molecule has 1 aliphatic heterocycles. The Morgan fingerprint density at radius 1 is 1.37 bits per heavy atom. The van der Waals surface area contributed by atoms with Gasteiger partial charge in [-0.1, -0.05) is 6.07 Å². The van der Waals surface area contributed by atoms with Crippen LogP contribution >= 0.6 is 0 Å². The third-order valence-electron chi connectivity index (χ3n) is 3.52. The highest BCUT2D eigenvalue weighted by molar-refractivity contribution is 5.96. The maximum absolute atomic E-state index is 12.5. The quantitative estimate of drug-likeness (QED) is 0.785. The van der Waals surface area contributed by atoms with Crippen LogP contribution in [0.5, 0.6) is 0 Å². The molecular formula is C14H16N4O. The number of imidazole rings is 1. The van der Waals surface area contributed by atoms with Gasteiger partial charge in [0.2, 0.25) is 0 Å². The summed E-state index contributed by atoms with van der Waals surface area (Å²) in [5.74, 6) is 0.959. The molecule has 2 N–H and O–H groups in total. The van der Waals surface area contributed by atoms with Crippen molar-refractivity contribution in [3.63, 3.8) is 0 Å². The van der Waals surface area contributed by atoms with Crippen LogP contribution in [0.4, 0.5) is 5.69 Å². The zero-order chi connectivity index (χ0) is 13.4. The van der Waals surface area contributed by atoms with Crippen molar-refractivity contribution >= 4 is 11.6 Å². The van der Waals surface area contributed by atoms with E-state index in [1.165, 1.54) is 0 Å². The highest BCUT2D eigenvalue weighted by Gasteiger charge is 2.23. The molecule has 0 saturated carbocycles. The number of fused-ring (bicyclic) bond motifs is 1. The number of nitrogens with two attached hydrogens (primary N) is 1. The average molecular weight is 256 g/mol. The van der Waals surface area contributed by atoms with E-state index < -0.39 is 0 Å². The van der Waals surface area contributed by atoms with Gasteiger partial charge in [-0.05, 0) is 24.6 Å². The van der Waals surface area contributed by atoms with Crippen molar-refractivity contribution in [2.24, 2.45) is 0 Å². The van der Waals surface area contributed by atoms with Crippen LogP contribution in [0.15, 0.2) is 30.6 Å². The van der Waals surface area contributed by atoms with Crippen LogP contribution in [0, 0.1) is 6.92 Å². The number of amides is 1. The first-order valence-electron chi connectivity index (χ1n) is 6.30. The second-order valence-electron chi connectivity index (χ2n) is 4.84. The molecule has 0 unspecified atom stereocenters. The van der Waals surface area contributed by atoms with Crippen LogP contribution in [-0.2, 0) is 13.1 Å². The zero-order valence-corrected chi connectivity index (χ0v) is 10.8. The zero-order valence-electron chi connectivity index (χ0n) is 10.8. The molecule has 1 aromatic heterocycles. The number of aryl methyl sites for hydroxylation is 1. The van der Waals surface area contributed by atoms with Gasteiger partial charge in [-0.3, -0.25) is 4.79 Å². The number of carbonyl (C=O) groups is 1. The standard InChI is InChI=1S/C14H16N4O/c1-10-2-3-11(15)8-12(10)14(19)18-7-6-17-5-4-16-13(17)9-18/h2-5,8H,6-7,9,15H2,1H3. The summed E-state index contributed by atoms with van der Waals surface area (Å²) < 4.78 is 2.08. The molecule has 5 heteroatoms. The lowest BCUT2D eigenvalue weighted by Gasteiger charge is -2.28. The first kappa shape index (κ1) is 11.8. The summed E-state index contributed by atoms with van der Waals surface area (Å²) in [5, 5.41) is 0. The molecule has 0 fully saturated rings. The van der Waals surface area contributed by atoms with Crippen molar-refractivity contribution in [1.29, 1.82) is 0 Å². The predicted octanol–water partition coefficient (Wildman–Crippen LogP) is 1.43. The summed E-state index contributed by atoms with van der Waals surface area (Å²) in [6.07, 6.45) is 3.72. The Morgan fingerprint density at radius 3 is 3.05 bits per heavy atom. The predicted molar refractivity (Wildman–Crippen MR) is 72.6 cm³/mol. The summed E-state index contributed by atoms with van der Waals surface area (Å²) in [4.78, 5) is 18.6. The molecule has 5 nitrogen and oxygen atoms in total. The molecule has 0 spiro atoms. The molecule has 0 atom stereocenters. The van der Waals surface area contributed by atoms with E-state index in [1.54, 1.807) is 12.3 Å². The van der Waals surface area contributed by atoms with Crippen molar-refractivity contribution in [3.05, 3.63) is 47.5 Å². The second kappa shape index (κ2) is 4.42. The van der Waals surface area contributed by atoms with E-state index in [1.807, 2.05) is 30.2 Å². The number of nitrogens with zero attached hydrogens (tertiary/aromatic N) is 3. The van der Waals surface area contributed by atoms with Crippen LogP contribution in [0.25, 0.3) is 0 Å². The van der Waals surface area contributed by atoms with E-state index in [-0.39, 0.29) is 5.91 Å². The summed E-state index contributed by atoms with van der Waals surface area (Å²) in [6.45, 7) is 3.98. The molecule has 1 aromatic carbocycles. The molecule has 0 bridgehead atoms. The van der Waals surface area contributed by atoms with Gasteiger partial charge in [0.1, 0.15) is 5.82 Å². The lowest BCUT2D eigenvalue weighted by atomic mass is 10.1. The second-order valence-corrected chi connectivity index (χ2v) is 4.84. The number of hydrogen-bond donors (Lipinski definition) is 1. The lowest BCUT2D eigenvalue weighted by Crippen LogP contribution is -2.38. The summed E-state index contributed by atoms with van der Waals surface area (Å²) in [6, 6.07) is 5.45. The maximum atomic E-state index is 12.5. The van der Waals surface area contributed by atoms with Gasteiger partial charge in [0.15, 0.2) is 0 Å². The number of benzene rings is 1. The molecule has 2 heterocycles. The van der Waals surface area contributed by atoms with Gasteiger partial charge in [-0.15, -0.1) is 0 Å². The molecule has 98 valence electrons. The lowest BCUT2D eigenvalue weighted by molar-refractivity contribution is 0.0707. The van der Waals surface area contributed by atoms with Gasteiger partial charge in [0, 0.05) is 36.7 Å². The van der Waals surface area contributed by atoms with E-state index in [0.717, 1.165) is 17.9 Å². The van der Waals surface area contributed by atoms with Crippen LogP contribution < -0.4 is 5.73 Å². The molecular weight excluding hydrogens is 240 g/mol. The van der Waals surface area contributed by atoms with Crippen LogP contribution in [0.3, 0.4) is 0 Å². The van der Waals surface area contributed by atoms with Crippen LogP contribution in [0.1, 0.15) is 21.7 Å². The molecule has 3 rings (SSSR count). The van der Waals surface area contributed by atoms with Gasteiger partial charge < -0.3 is 15.2 Å². The Morgan fingerprint density at radius 2 is 2.21 bits per heavy atom. The number of hydrogen-bond acceptors (Lipinski definition) is 3. The number of carbonyl (C=O) groups excluding carboxylic acids is 1. The number of aromatic nitrogens is 2. The Bertz CT molecular complexity index is 632. The number of anilines is 1. The fourth-order valence-electron chi connectivity index (χ4n) is 2.39. The normalized spacial score (nSPS) is 14.3. The molecule has 19 heavy (non-hydrogen) atoms. The SMILES string of the molecule is Cc1ccc(N)cc1C(=O)N1CCn2ccnc2C1. The Hall–Kier alpha value is -2.30. The number of nitrogen functional groups attached to an aromatic ring is 1. The van der Waals surface area contributed by atoms with Gasteiger partial charge >= 0.3 is 0 Å². The van der Waals surface area contributed by atoms with Crippen LogP contribution in [-0.4, -0.2) is 26.9 Å². The first-order valence-corrected chi connectivity index (χ1v) is 6.30. The largest absolute Gasteiger partial charge is 0.399 e. The molecule has 0 radical (unpaired) electrons. The molecule has 0 saturated heterocycles. The third kappa shape index (κ3) is 2.07. The number of rotatable bonds is 1. The molecule has 2 aromatic rings. The minimum Gasteiger partial charge on any atom is -0.399 e. The molecule has 0 aliphatic carbocycles.